The lowest BCUT2D eigenvalue weighted by atomic mass is 9.94. The van der Waals surface area contributed by atoms with E-state index in [0.29, 0.717) is 12.6 Å². The highest BCUT2D eigenvalue weighted by atomic mass is 35.5. The average Bonchev–Trinajstić information content (AvgIpc) is 2.75. The second-order valence-corrected chi connectivity index (χ2v) is 7.88. The molecule has 1 fully saturated rings. The molecule has 1 saturated heterocycles. The Kier molecular flexibility index (Phi) is 7.67. The van der Waals surface area contributed by atoms with Crippen molar-refractivity contribution in [2.75, 3.05) is 37.6 Å². The van der Waals surface area contributed by atoms with Crippen LogP contribution in [0.2, 0.25) is 0 Å². The maximum atomic E-state index is 13.7. The first-order chi connectivity index (χ1) is 14.1. The SMILES string of the molecule is Cl.O=C(NCCCCN1CCN2c3ccccc3CCC2C1)c1cccc(F)c1F. The number of amides is 1. The monoisotopic (exact) mass is 435 g/mol. The van der Waals surface area contributed by atoms with Gasteiger partial charge in [0.2, 0.25) is 0 Å². The van der Waals surface area contributed by atoms with Crippen LogP contribution >= 0.6 is 12.4 Å². The van der Waals surface area contributed by atoms with Gasteiger partial charge in [-0.15, -0.1) is 12.4 Å². The molecule has 0 aromatic heterocycles. The molecule has 2 aromatic rings. The fourth-order valence-corrected chi connectivity index (χ4v) is 4.45. The van der Waals surface area contributed by atoms with Gasteiger partial charge in [0, 0.05) is 37.9 Å². The van der Waals surface area contributed by atoms with Crippen LogP contribution in [-0.4, -0.2) is 49.6 Å². The van der Waals surface area contributed by atoms with Crippen LogP contribution in [0.4, 0.5) is 14.5 Å². The Balaban J connectivity index is 0.00000256. The van der Waals surface area contributed by atoms with E-state index in [-0.39, 0.29) is 18.0 Å². The van der Waals surface area contributed by atoms with E-state index >= 15 is 0 Å². The van der Waals surface area contributed by atoms with E-state index in [9.17, 15) is 13.6 Å². The summed E-state index contributed by atoms with van der Waals surface area (Å²) in [4.78, 5) is 17.1. The first-order valence-electron chi connectivity index (χ1n) is 10.4. The number of unbranched alkanes of at least 4 members (excludes halogenated alkanes) is 1. The zero-order valence-corrected chi connectivity index (χ0v) is 17.8. The Labute approximate surface area is 182 Å². The summed E-state index contributed by atoms with van der Waals surface area (Å²) in [6.45, 7) is 4.64. The van der Waals surface area contributed by atoms with Crippen molar-refractivity contribution in [3.05, 3.63) is 65.2 Å². The molecule has 0 spiro atoms. The van der Waals surface area contributed by atoms with E-state index in [1.807, 2.05) is 0 Å². The molecule has 0 aliphatic carbocycles. The number of carbonyl (C=O) groups excluding carboxylic acids is 1. The van der Waals surface area contributed by atoms with E-state index in [1.54, 1.807) is 0 Å². The third-order valence-corrected chi connectivity index (χ3v) is 6.00. The number of aryl methyl sites for hydroxylation is 1. The second-order valence-electron chi connectivity index (χ2n) is 7.88. The highest BCUT2D eigenvalue weighted by molar-refractivity contribution is 5.94. The molecule has 1 unspecified atom stereocenters. The molecule has 1 amide bonds. The Morgan fingerprint density at radius 2 is 1.90 bits per heavy atom. The van der Waals surface area contributed by atoms with E-state index < -0.39 is 17.5 Å². The van der Waals surface area contributed by atoms with Crippen molar-refractivity contribution in [1.29, 1.82) is 0 Å². The van der Waals surface area contributed by atoms with Crippen molar-refractivity contribution < 1.29 is 13.6 Å². The molecule has 4 nitrogen and oxygen atoms in total. The molecule has 7 heteroatoms. The standard InChI is InChI=1S/C23H27F2N3O.ClH/c24-20-8-5-7-19(22(20)25)23(29)26-12-3-4-13-27-14-15-28-18(16-27)11-10-17-6-1-2-9-21(17)28;/h1-2,5-9,18H,3-4,10-16H2,(H,26,29);1H. The number of nitrogens with zero attached hydrogens (tertiary/aromatic N) is 2. The zero-order chi connectivity index (χ0) is 20.2. The van der Waals surface area contributed by atoms with Crippen LogP contribution in [0.1, 0.15) is 35.2 Å². The third kappa shape index (κ3) is 4.93. The van der Waals surface area contributed by atoms with Gasteiger partial charge in [-0.2, -0.15) is 0 Å². The number of hydrogen-bond donors (Lipinski definition) is 1. The predicted octanol–water partition coefficient (Wildman–Crippen LogP) is 4.03. The molecule has 2 aromatic carbocycles. The highest BCUT2D eigenvalue weighted by Gasteiger charge is 2.30. The van der Waals surface area contributed by atoms with Gasteiger partial charge in [-0.05, 0) is 56.0 Å². The zero-order valence-electron chi connectivity index (χ0n) is 16.9. The Bertz CT molecular complexity index is 879. The average molecular weight is 436 g/mol. The van der Waals surface area contributed by atoms with Crippen molar-refractivity contribution in [3.63, 3.8) is 0 Å². The molecule has 30 heavy (non-hydrogen) atoms. The number of para-hydroxylation sites is 1. The molecular weight excluding hydrogens is 408 g/mol. The first kappa shape index (κ1) is 22.5. The summed E-state index contributed by atoms with van der Waals surface area (Å²) < 4.78 is 26.9. The largest absolute Gasteiger partial charge is 0.366 e. The van der Waals surface area contributed by atoms with Crippen molar-refractivity contribution >= 4 is 24.0 Å². The van der Waals surface area contributed by atoms with Gasteiger partial charge in [0.15, 0.2) is 11.6 Å². The topological polar surface area (TPSA) is 35.6 Å². The van der Waals surface area contributed by atoms with Gasteiger partial charge in [0.1, 0.15) is 0 Å². The van der Waals surface area contributed by atoms with Gasteiger partial charge < -0.3 is 10.2 Å². The first-order valence-corrected chi connectivity index (χ1v) is 10.4. The fraction of sp³-hybridized carbons (Fsp3) is 0.435. The van der Waals surface area contributed by atoms with E-state index in [0.717, 1.165) is 51.5 Å². The molecule has 4 rings (SSSR count). The van der Waals surface area contributed by atoms with Crippen LogP contribution < -0.4 is 10.2 Å². The minimum atomic E-state index is -1.09. The van der Waals surface area contributed by atoms with Crippen molar-refractivity contribution in [2.45, 2.75) is 31.7 Å². The van der Waals surface area contributed by atoms with Crippen LogP contribution in [0, 0.1) is 11.6 Å². The summed E-state index contributed by atoms with van der Waals surface area (Å²) in [5.41, 5.74) is 2.62. The molecule has 2 aliphatic heterocycles. The molecule has 0 saturated carbocycles. The van der Waals surface area contributed by atoms with Gasteiger partial charge >= 0.3 is 0 Å². The molecule has 1 atom stereocenters. The van der Waals surface area contributed by atoms with Crippen molar-refractivity contribution in [3.8, 4) is 0 Å². The van der Waals surface area contributed by atoms with Gasteiger partial charge in [-0.1, -0.05) is 24.3 Å². The van der Waals surface area contributed by atoms with Gasteiger partial charge in [0.05, 0.1) is 5.56 Å². The van der Waals surface area contributed by atoms with E-state index in [4.69, 9.17) is 0 Å². The lowest BCUT2D eigenvalue weighted by molar-refractivity contribution is 0.0947. The quantitative estimate of drug-likeness (QED) is 0.696. The Hall–Kier alpha value is -2.18. The van der Waals surface area contributed by atoms with Crippen LogP contribution in [0.3, 0.4) is 0 Å². The smallest absolute Gasteiger partial charge is 0.254 e. The maximum absolute atomic E-state index is 13.7. The third-order valence-electron chi connectivity index (χ3n) is 6.00. The molecule has 162 valence electrons. The molecule has 2 heterocycles. The fourth-order valence-electron chi connectivity index (χ4n) is 4.45. The van der Waals surface area contributed by atoms with Crippen molar-refractivity contribution in [2.24, 2.45) is 0 Å². The minimum absolute atomic E-state index is 0. The molecule has 0 bridgehead atoms. The number of anilines is 1. The number of fused-ring (bicyclic) bond motifs is 3. The molecular formula is C23H28ClF2N3O. The highest BCUT2D eigenvalue weighted by Crippen LogP contribution is 2.32. The molecule has 2 aliphatic rings. The molecule has 0 radical (unpaired) electrons. The van der Waals surface area contributed by atoms with Crippen molar-refractivity contribution in [1.82, 2.24) is 10.2 Å². The van der Waals surface area contributed by atoms with E-state index in [1.165, 1.54) is 29.8 Å². The van der Waals surface area contributed by atoms with Crippen LogP contribution in [0.15, 0.2) is 42.5 Å². The summed E-state index contributed by atoms with van der Waals surface area (Å²) in [7, 11) is 0. The number of rotatable bonds is 6. The Morgan fingerprint density at radius 1 is 1.07 bits per heavy atom. The predicted molar refractivity (Wildman–Crippen MR) is 118 cm³/mol. The molecule has 1 N–H and O–H groups in total. The number of hydrogen-bond acceptors (Lipinski definition) is 3. The minimum Gasteiger partial charge on any atom is -0.366 e. The normalized spacial score (nSPS) is 18.2. The summed E-state index contributed by atoms with van der Waals surface area (Å²) in [6.07, 6.45) is 4.13. The number of carbonyl (C=O) groups is 1. The number of benzene rings is 2. The lowest BCUT2D eigenvalue weighted by Crippen LogP contribution is -2.55. The Morgan fingerprint density at radius 3 is 2.77 bits per heavy atom. The van der Waals surface area contributed by atoms with Crippen LogP contribution in [0.5, 0.6) is 0 Å². The summed E-state index contributed by atoms with van der Waals surface area (Å²) in [5, 5.41) is 2.69. The van der Waals surface area contributed by atoms with Gasteiger partial charge in [-0.25, -0.2) is 8.78 Å². The number of halogens is 3. The second kappa shape index (κ2) is 10.2. The van der Waals surface area contributed by atoms with Gasteiger partial charge in [-0.3, -0.25) is 9.69 Å². The van der Waals surface area contributed by atoms with Gasteiger partial charge in [0.25, 0.3) is 5.91 Å². The van der Waals surface area contributed by atoms with Crippen LogP contribution in [0.25, 0.3) is 0 Å². The lowest BCUT2D eigenvalue weighted by Gasteiger charge is -2.46. The van der Waals surface area contributed by atoms with Crippen LogP contribution in [-0.2, 0) is 6.42 Å². The van der Waals surface area contributed by atoms with E-state index in [2.05, 4.69) is 39.4 Å². The summed E-state index contributed by atoms with van der Waals surface area (Å²) >= 11 is 0. The summed E-state index contributed by atoms with van der Waals surface area (Å²) in [5.74, 6) is -2.64. The summed E-state index contributed by atoms with van der Waals surface area (Å²) in [6, 6.07) is 13.0. The maximum Gasteiger partial charge on any atom is 0.254 e. The number of nitrogens with one attached hydrogen (secondary N) is 1. The number of piperazine rings is 1.